The summed E-state index contributed by atoms with van der Waals surface area (Å²) in [6.45, 7) is 14.9. The van der Waals surface area contributed by atoms with E-state index in [1.54, 1.807) is 0 Å². The van der Waals surface area contributed by atoms with Crippen LogP contribution in [0.5, 0.6) is 0 Å². The van der Waals surface area contributed by atoms with Gasteiger partial charge in [-0.1, -0.05) is 49.4 Å². The summed E-state index contributed by atoms with van der Waals surface area (Å²) in [6, 6.07) is 16.5. The van der Waals surface area contributed by atoms with Crippen molar-refractivity contribution in [2.75, 3.05) is 26.2 Å². The zero-order valence-electron chi connectivity index (χ0n) is 22.5. The van der Waals surface area contributed by atoms with Gasteiger partial charge in [0.05, 0.1) is 11.1 Å². The normalized spacial score (nSPS) is 16.4. The number of rotatable bonds is 7. The molecule has 8 heteroatoms. The molecular formula is C29H37N7O. The highest BCUT2D eigenvalue weighted by atomic mass is 16.1. The van der Waals surface area contributed by atoms with E-state index in [0.717, 1.165) is 67.0 Å². The quantitative estimate of drug-likeness (QED) is 0.411. The number of H-pyrrole nitrogens is 1. The topological polar surface area (TPSA) is 82.9 Å². The first-order valence-electron chi connectivity index (χ1n) is 13.2. The minimum atomic E-state index is -0.338. The third-order valence-electron chi connectivity index (χ3n) is 8.07. The van der Waals surface area contributed by atoms with Crippen LogP contribution in [0.15, 0.2) is 53.3 Å². The minimum Gasteiger partial charge on any atom is -0.321 e. The van der Waals surface area contributed by atoms with Crippen LogP contribution >= 0.6 is 0 Å². The van der Waals surface area contributed by atoms with E-state index in [4.69, 9.17) is 0 Å². The molecule has 0 aliphatic carbocycles. The number of nitrogens with zero attached hydrogens (tertiary/aromatic N) is 6. The van der Waals surface area contributed by atoms with E-state index in [-0.39, 0.29) is 17.1 Å². The Labute approximate surface area is 218 Å². The maximum atomic E-state index is 13.6. The van der Waals surface area contributed by atoms with E-state index in [2.05, 4.69) is 107 Å². The molecule has 0 saturated carbocycles. The molecule has 37 heavy (non-hydrogen) atoms. The summed E-state index contributed by atoms with van der Waals surface area (Å²) >= 11 is 0. The number of hydrogen-bond donors (Lipinski definition) is 1. The number of piperazine rings is 1. The highest BCUT2D eigenvalue weighted by molar-refractivity contribution is 5.83. The van der Waals surface area contributed by atoms with Crippen molar-refractivity contribution in [1.29, 1.82) is 0 Å². The van der Waals surface area contributed by atoms with Crippen molar-refractivity contribution in [3.63, 3.8) is 0 Å². The number of aryl methyl sites for hydroxylation is 2. The predicted molar refractivity (Wildman–Crippen MR) is 147 cm³/mol. The third kappa shape index (κ3) is 4.95. The lowest BCUT2D eigenvalue weighted by atomic mass is 9.97. The molecule has 2 aromatic heterocycles. The van der Waals surface area contributed by atoms with Crippen LogP contribution in [0.1, 0.15) is 61.3 Å². The molecule has 1 saturated heterocycles. The van der Waals surface area contributed by atoms with E-state index in [1.807, 2.05) is 10.7 Å². The zero-order valence-corrected chi connectivity index (χ0v) is 22.5. The Morgan fingerprint density at radius 2 is 1.76 bits per heavy atom. The predicted octanol–water partition coefficient (Wildman–Crippen LogP) is 4.18. The van der Waals surface area contributed by atoms with E-state index in [9.17, 15) is 4.79 Å². The lowest BCUT2D eigenvalue weighted by molar-refractivity contribution is 0.0968. The number of hydrogen-bond acceptors (Lipinski definition) is 6. The Hall–Kier alpha value is -3.36. The van der Waals surface area contributed by atoms with Gasteiger partial charge in [-0.25, -0.2) is 4.68 Å². The van der Waals surface area contributed by atoms with Crippen molar-refractivity contribution in [3.05, 3.63) is 87.0 Å². The number of benzene rings is 2. The molecule has 0 spiro atoms. The molecule has 8 nitrogen and oxygen atoms in total. The minimum absolute atomic E-state index is 0.0817. The van der Waals surface area contributed by atoms with Gasteiger partial charge in [-0.2, -0.15) is 0 Å². The highest BCUT2D eigenvalue weighted by Gasteiger charge is 2.35. The van der Waals surface area contributed by atoms with Crippen LogP contribution in [0.4, 0.5) is 0 Å². The van der Waals surface area contributed by atoms with Gasteiger partial charge in [-0.05, 0) is 72.7 Å². The summed E-state index contributed by atoms with van der Waals surface area (Å²) < 4.78 is 1.91. The van der Waals surface area contributed by atoms with E-state index >= 15 is 0 Å². The number of pyridine rings is 1. The molecule has 2 aromatic carbocycles. The molecule has 4 aromatic rings. The molecule has 1 fully saturated rings. The van der Waals surface area contributed by atoms with E-state index in [0.29, 0.717) is 5.56 Å². The van der Waals surface area contributed by atoms with Crippen LogP contribution in [0.25, 0.3) is 10.9 Å². The number of fused-ring (bicyclic) bond motifs is 1. The van der Waals surface area contributed by atoms with Gasteiger partial charge in [0.2, 0.25) is 0 Å². The molecule has 194 valence electrons. The Bertz CT molecular complexity index is 1430. The lowest BCUT2D eigenvalue weighted by Crippen LogP contribution is -2.49. The fraction of sp³-hybridized carbons (Fsp3) is 0.448. The summed E-state index contributed by atoms with van der Waals surface area (Å²) in [5.74, 6) is 0.719. The third-order valence-corrected chi connectivity index (χ3v) is 8.07. The monoisotopic (exact) mass is 499 g/mol. The first-order valence-corrected chi connectivity index (χ1v) is 13.2. The molecular weight excluding hydrogens is 462 g/mol. The number of nitrogens with one attached hydrogen (secondary N) is 1. The average molecular weight is 500 g/mol. The molecule has 0 amide bonds. The fourth-order valence-corrected chi connectivity index (χ4v) is 5.21. The molecule has 0 radical (unpaired) electrons. The molecule has 5 rings (SSSR count). The van der Waals surface area contributed by atoms with Gasteiger partial charge in [0.1, 0.15) is 6.04 Å². The summed E-state index contributed by atoms with van der Waals surface area (Å²) in [5, 5.41) is 14.0. The van der Waals surface area contributed by atoms with Gasteiger partial charge in [0, 0.05) is 38.3 Å². The second-order valence-electron chi connectivity index (χ2n) is 10.8. The van der Waals surface area contributed by atoms with Crippen molar-refractivity contribution in [1.82, 2.24) is 35.0 Å². The average Bonchev–Trinajstić information content (AvgIpc) is 3.39. The van der Waals surface area contributed by atoms with Crippen LogP contribution in [0.2, 0.25) is 0 Å². The van der Waals surface area contributed by atoms with Crippen LogP contribution < -0.4 is 5.56 Å². The number of aromatic nitrogens is 5. The molecule has 1 atom stereocenters. The Morgan fingerprint density at radius 3 is 2.46 bits per heavy atom. The number of tetrazole rings is 1. The summed E-state index contributed by atoms with van der Waals surface area (Å²) in [5.41, 5.74) is 4.81. The smallest absolute Gasteiger partial charge is 0.253 e. The summed E-state index contributed by atoms with van der Waals surface area (Å²) in [7, 11) is 0. The second-order valence-corrected chi connectivity index (χ2v) is 10.8. The molecule has 0 bridgehead atoms. The van der Waals surface area contributed by atoms with Gasteiger partial charge >= 0.3 is 0 Å². The maximum Gasteiger partial charge on any atom is 0.253 e. The van der Waals surface area contributed by atoms with Gasteiger partial charge < -0.3 is 4.98 Å². The first kappa shape index (κ1) is 25.3. The fourth-order valence-electron chi connectivity index (χ4n) is 5.21. The van der Waals surface area contributed by atoms with Crippen LogP contribution in [0, 0.1) is 13.8 Å². The first-order chi connectivity index (χ1) is 17.8. The zero-order chi connectivity index (χ0) is 26.2. The van der Waals surface area contributed by atoms with E-state index < -0.39 is 0 Å². The SMILES string of the molecule is CCC(C)(C)n1nnnc1[C@H](c1cc2ccc(C)c(C)c2[nH]c1=O)N1CCN(Cc2ccccc2)CC1. The van der Waals surface area contributed by atoms with Gasteiger partial charge in [0.25, 0.3) is 5.56 Å². The summed E-state index contributed by atoms with van der Waals surface area (Å²) in [6.07, 6.45) is 0.870. The second kappa shape index (κ2) is 10.2. The van der Waals surface area contributed by atoms with Crippen molar-refractivity contribution >= 4 is 10.9 Å². The highest BCUT2D eigenvalue weighted by Crippen LogP contribution is 2.32. The Morgan fingerprint density at radius 1 is 1.03 bits per heavy atom. The molecule has 3 heterocycles. The van der Waals surface area contributed by atoms with Crippen LogP contribution in [-0.2, 0) is 12.1 Å². The Kier molecular flexibility index (Phi) is 6.96. The standard InChI is InChI=1S/C29H37N7O/c1-6-29(4,5)36-27(31-32-33-36)26(24-18-23-13-12-20(2)21(3)25(23)30-28(24)37)35-16-14-34(15-17-35)19-22-10-8-7-9-11-22/h7-13,18,26H,6,14-17,19H2,1-5H3,(H,30,37)/t26-/m0/s1. The molecule has 1 aliphatic heterocycles. The largest absolute Gasteiger partial charge is 0.321 e. The molecule has 1 aliphatic rings. The van der Waals surface area contributed by atoms with Gasteiger partial charge in [0.15, 0.2) is 5.82 Å². The van der Waals surface area contributed by atoms with Gasteiger partial charge in [-0.3, -0.25) is 14.6 Å². The lowest BCUT2D eigenvalue weighted by Gasteiger charge is -2.39. The van der Waals surface area contributed by atoms with Crippen LogP contribution in [0.3, 0.4) is 0 Å². The number of aromatic amines is 1. The van der Waals surface area contributed by atoms with Gasteiger partial charge in [-0.15, -0.1) is 5.10 Å². The summed E-state index contributed by atoms with van der Waals surface area (Å²) in [4.78, 5) is 21.7. The van der Waals surface area contributed by atoms with Crippen molar-refractivity contribution in [3.8, 4) is 0 Å². The Balaban J connectivity index is 1.54. The maximum absolute atomic E-state index is 13.6. The molecule has 0 unspecified atom stereocenters. The molecule has 1 N–H and O–H groups in total. The van der Waals surface area contributed by atoms with Crippen LogP contribution in [-0.4, -0.2) is 61.2 Å². The van der Waals surface area contributed by atoms with Crippen molar-refractivity contribution in [2.45, 2.75) is 59.2 Å². The van der Waals surface area contributed by atoms with Crippen molar-refractivity contribution in [2.24, 2.45) is 0 Å². The van der Waals surface area contributed by atoms with Crippen molar-refractivity contribution < 1.29 is 0 Å². The van der Waals surface area contributed by atoms with E-state index in [1.165, 1.54) is 5.56 Å².